The molecule has 0 saturated heterocycles. The largest absolute Gasteiger partial charge is 0.287 e. The number of carbonyl (C=O) groups is 1. The number of thiazole rings is 1. The molecule has 0 radical (unpaired) electrons. The average molecular weight is 273 g/mol. The Labute approximate surface area is 112 Å². The Morgan fingerprint density at radius 2 is 2.16 bits per heavy atom. The van der Waals surface area contributed by atoms with Gasteiger partial charge in [0.2, 0.25) is 5.78 Å². The first-order valence-corrected chi connectivity index (χ1v) is 6.02. The molecule has 0 unspecified atom stereocenters. The summed E-state index contributed by atoms with van der Waals surface area (Å²) in [6.45, 7) is 1.67. The van der Waals surface area contributed by atoms with Crippen LogP contribution >= 0.6 is 11.3 Å². The Balaban J connectivity index is 2.57. The summed E-state index contributed by atoms with van der Waals surface area (Å²) in [6, 6.07) is 7.48. The van der Waals surface area contributed by atoms with E-state index >= 15 is 0 Å². The van der Waals surface area contributed by atoms with Gasteiger partial charge >= 0.3 is 0 Å². The molecule has 19 heavy (non-hydrogen) atoms. The van der Waals surface area contributed by atoms with E-state index < -0.39 is 10.7 Å². The fourth-order valence-corrected chi connectivity index (χ4v) is 2.43. The molecule has 7 heteroatoms. The molecule has 0 bridgehead atoms. The van der Waals surface area contributed by atoms with E-state index in [-0.39, 0.29) is 21.8 Å². The summed E-state index contributed by atoms with van der Waals surface area (Å²) in [5.74, 6) is -0.547. The topological polar surface area (TPSA) is 96.9 Å². The number of nitrogens with zero attached hydrogens (tertiary/aromatic N) is 3. The second kappa shape index (κ2) is 4.96. The summed E-state index contributed by atoms with van der Waals surface area (Å²) in [5.41, 5.74) is -0.305. The van der Waals surface area contributed by atoms with Crippen LogP contribution in [0.4, 0.5) is 5.69 Å². The van der Waals surface area contributed by atoms with Crippen molar-refractivity contribution in [1.82, 2.24) is 4.98 Å². The van der Waals surface area contributed by atoms with Crippen molar-refractivity contribution in [2.24, 2.45) is 0 Å². The van der Waals surface area contributed by atoms with E-state index in [2.05, 4.69) is 4.98 Å². The van der Waals surface area contributed by atoms with Gasteiger partial charge in [0.1, 0.15) is 16.5 Å². The molecular weight excluding hydrogens is 266 g/mol. The van der Waals surface area contributed by atoms with Crippen LogP contribution in [0.25, 0.3) is 0 Å². The zero-order valence-corrected chi connectivity index (χ0v) is 10.6. The zero-order chi connectivity index (χ0) is 14.0. The molecule has 0 aliphatic heterocycles. The molecule has 0 saturated carbocycles. The first kappa shape index (κ1) is 12.9. The molecule has 0 fully saturated rings. The fourth-order valence-electron chi connectivity index (χ4n) is 1.60. The van der Waals surface area contributed by atoms with Gasteiger partial charge in [-0.15, -0.1) is 11.3 Å². The average Bonchev–Trinajstić information content (AvgIpc) is 2.79. The monoisotopic (exact) mass is 273 g/mol. The Bertz CT molecular complexity index is 715. The van der Waals surface area contributed by atoms with Crippen LogP contribution in [0.3, 0.4) is 0 Å². The number of para-hydroxylation sites is 1. The normalized spacial score (nSPS) is 9.89. The lowest BCUT2D eigenvalue weighted by atomic mass is 10.1. The summed E-state index contributed by atoms with van der Waals surface area (Å²) in [5, 5.41) is 20.4. The Hall–Kier alpha value is -2.59. The lowest BCUT2D eigenvalue weighted by Crippen LogP contribution is -2.05. The maximum atomic E-state index is 12.3. The van der Waals surface area contributed by atoms with E-state index in [4.69, 9.17) is 5.26 Å². The van der Waals surface area contributed by atoms with E-state index in [0.29, 0.717) is 5.01 Å². The van der Waals surface area contributed by atoms with Gasteiger partial charge < -0.3 is 0 Å². The minimum Gasteiger partial charge on any atom is -0.287 e. The van der Waals surface area contributed by atoms with Crippen molar-refractivity contribution < 1.29 is 9.72 Å². The quantitative estimate of drug-likeness (QED) is 0.486. The number of aromatic nitrogens is 1. The Kier molecular flexibility index (Phi) is 3.35. The van der Waals surface area contributed by atoms with Gasteiger partial charge in [0.05, 0.1) is 9.93 Å². The third-order valence-corrected chi connectivity index (χ3v) is 3.36. The standard InChI is InChI=1S/C12H7N3O3S/c1-7-14-9(6-13)12(19-7)11(16)8-4-2-3-5-10(8)15(17)18/h2-5H,1H3. The highest BCUT2D eigenvalue weighted by Crippen LogP contribution is 2.26. The van der Waals surface area contributed by atoms with E-state index in [1.807, 2.05) is 6.07 Å². The zero-order valence-electron chi connectivity index (χ0n) is 9.78. The highest BCUT2D eigenvalue weighted by Gasteiger charge is 2.25. The van der Waals surface area contributed by atoms with Crippen molar-refractivity contribution in [3.63, 3.8) is 0 Å². The lowest BCUT2D eigenvalue weighted by Gasteiger charge is -1.99. The smallest absolute Gasteiger partial charge is 0.280 e. The molecule has 0 aliphatic rings. The molecule has 0 N–H and O–H groups in total. The highest BCUT2D eigenvalue weighted by molar-refractivity contribution is 7.14. The van der Waals surface area contributed by atoms with E-state index in [1.54, 1.807) is 13.0 Å². The van der Waals surface area contributed by atoms with Crippen LogP contribution in [-0.2, 0) is 0 Å². The number of hydrogen-bond donors (Lipinski definition) is 0. The maximum absolute atomic E-state index is 12.3. The van der Waals surface area contributed by atoms with Crippen molar-refractivity contribution in [3.8, 4) is 6.07 Å². The second-order valence-corrected chi connectivity index (χ2v) is 4.83. The first-order chi connectivity index (χ1) is 9.04. The predicted molar refractivity (Wildman–Crippen MR) is 68.1 cm³/mol. The number of nitro benzene ring substituents is 1. The van der Waals surface area contributed by atoms with Crippen molar-refractivity contribution in [3.05, 3.63) is 55.5 Å². The Morgan fingerprint density at radius 3 is 2.79 bits per heavy atom. The van der Waals surface area contributed by atoms with E-state index in [0.717, 1.165) is 11.3 Å². The van der Waals surface area contributed by atoms with Crippen LogP contribution in [0.2, 0.25) is 0 Å². The van der Waals surface area contributed by atoms with Crippen molar-refractivity contribution in [2.75, 3.05) is 0 Å². The van der Waals surface area contributed by atoms with Gasteiger partial charge in [0, 0.05) is 6.07 Å². The summed E-state index contributed by atoms with van der Waals surface area (Å²) in [4.78, 5) is 26.6. The van der Waals surface area contributed by atoms with Crippen molar-refractivity contribution in [1.29, 1.82) is 5.26 Å². The van der Waals surface area contributed by atoms with Gasteiger partial charge in [0.15, 0.2) is 5.69 Å². The van der Waals surface area contributed by atoms with Crippen LogP contribution in [0, 0.1) is 28.4 Å². The van der Waals surface area contributed by atoms with Gasteiger partial charge in [-0.1, -0.05) is 12.1 Å². The van der Waals surface area contributed by atoms with Crippen LogP contribution in [0.5, 0.6) is 0 Å². The molecule has 6 nitrogen and oxygen atoms in total. The first-order valence-electron chi connectivity index (χ1n) is 5.20. The highest BCUT2D eigenvalue weighted by atomic mass is 32.1. The molecule has 2 rings (SSSR count). The molecule has 94 valence electrons. The third kappa shape index (κ3) is 2.34. The number of aryl methyl sites for hydroxylation is 1. The number of ketones is 1. The number of rotatable bonds is 3. The number of nitriles is 1. The Morgan fingerprint density at radius 1 is 1.47 bits per heavy atom. The van der Waals surface area contributed by atoms with Crippen molar-refractivity contribution in [2.45, 2.75) is 6.92 Å². The van der Waals surface area contributed by atoms with Gasteiger partial charge in [0.25, 0.3) is 5.69 Å². The molecular formula is C12H7N3O3S. The molecule has 0 atom stereocenters. The van der Waals surface area contributed by atoms with E-state index in [9.17, 15) is 14.9 Å². The fraction of sp³-hybridized carbons (Fsp3) is 0.0833. The number of nitro groups is 1. The summed E-state index contributed by atoms with van der Waals surface area (Å²) < 4.78 is 0. The molecule has 1 aromatic heterocycles. The van der Waals surface area contributed by atoms with Gasteiger partial charge in [-0.2, -0.15) is 5.26 Å². The predicted octanol–water partition coefficient (Wildman–Crippen LogP) is 2.46. The van der Waals surface area contributed by atoms with Crippen molar-refractivity contribution >= 4 is 22.8 Å². The maximum Gasteiger partial charge on any atom is 0.280 e. The van der Waals surface area contributed by atoms with Gasteiger partial charge in [-0.25, -0.2) is 4.98 Å². The molecule has 0 spiro atoms. The van der Waals surface area contributed by atoms with Gasteiger partial charge in [-0.3, -0.25) is 14.9 Å². The summed E-state index contributed by atoms with van der Waals surface area (Å²) in [7, 11) is 0. The number of carbonyl (C=O) groups excluding carboxylic acids is 1. The minimum absolute atomic E-state index is 0.00523. The van der Waals surface area contributed by atoms with Crippen LogP contribution in [0.1, 0.15) is 25.9 Å². The SMILES string of the molecule is Cc1nc(C#N)c(C(=O)c2ccccc2[N+](=O)[O-])s1. The summed E-state index contributed by atoms with van der Waals surface area (Å²) >= 11 is 1.06. The van der Waals surface area contributed by atoms with Crippen LogP contribution in [-0.4, -0.2) is 15.7 Å². The number of hydrogen-bond acceptors (Lipinski definition) is 6. The van der Waals surface area contributed by atoms with Gasteiger partial charge in [-0.05, 0) is 13.0 Å². The molecule has 0 aliphatic carbocycles. The molecule has 0 amide bonds. The lowest BCUT2D eigenvalue weighted by molar-refractivity contribution is -0.385. The van der Waals surface area contributed by atoms with E-state index in [1.165, 1.54) is 18.2 Å². The molecule has 1 aromatic carbocycles. The second-order valence-electron chi connectivity index (χ2n) is 3.63. The third-order valence-electron chi connectivity index (χ3n) is 2.39. The summed E-state index contributed by atoms with van der Waals surface area (Å²) in [6.07, 6.45) is 0. The van der Waals surface area contributed by atoms with Crippen LogP contribution < -0.4 is 0 Å². The number of benzene rings is 1. The van der Waals surface area contributed by atoms with Crippen LogP contribution in [0.15, 0.2) is 24.3 Å². The molecule has 1 heterocycles. The minimum atomic E-state index is -0.618. The molecule has 2 aromatic rings.